The third-order valence-electron chi connectivity index (χ3n) is 4.55. The molecule has 0 amide bonds. The van der Waals surface area contributed by atoms with Gasteiger partial charge in [-0.05, 0) is 32.9 Å². The molecule has 1 aromatic carbocycles. The van der Waals surface area contributed by atoms with Crippen LogP contribution in [0.15, 0.2) is 35.7 Å². The van der Waals surface area contributed by atoms with Crippen LogP contribution in [0.5, 0.6) is 0 Å². The van der Waals surface area contributed by atoms with Crippen LogP contribution in [0.2, 0.25) is 0 Å². The Balaban J connectivity index is 2.67. The highest BCUT2D eigenvalue weighted by Crippen LogP contribution is 2.55. The highest BCUT2D eigenvalue weighted by Gasteiger charge is 2.57. The lowest BCUT2D eigenvalue weighted by atomic mass is 9.79. The normalized spacial score (nSPS) is 18.4. The van der Waals surface area contributed by atoms with E-state index in [9.17, 15) is 20.4 Å². The minimum absolute atomic E-state index is 0.0148. The Hall–Kier alpha value is -2.82. The van der Waals surface area contributed by atoms with Gasteiger partial charge < -0.3 is 19.7 Å². The molecule has 1 heterocycles. The zero-order chi connectivity index (χ0) is 20.9. The summed E-state index contributed by atoms with van der Waals surface area (Å²) in [6, 6.07) is 12.0. The van der Waals surface area contributed by atoms with Gasteiger partial charge in [-0.15, -0.1) is 0 Å². The van der Waals surface area contributed by atoms with E-state index >= 15 is 0 Å². The second kappa shape index (κ2) is 8.46. The molecule has 146 valence electrons. The summed E-state index contributed by atoms with van der Waals surface area (Å²) in [5.41, 5.74) is 5.72. The van der Waals surface area contributed by atoms with Crippen LogP contribution in [0.1, 0.15) is 19.4 Å². The summed E-state index contributed by atoms with van der Waals surface area (Å²) in [6.45, 7) is 5.53. The van der Waals surface area contributed by atoms with Gasteiger partial charge in [-0.3, -0.25) is 4.57 Å². The van der Waals surface area contributed by atoms with Gasteiger partial charge in [0.2, 0.25) is 5.41 Å². The summed E-state index contributed by atoms with van der Waals surface area (Å²) in [7, 11) is -3.64. The molecule has 1 aliphatic rings. The van der Waals surface area contributed by atoms with Gasteiger partial charge in [-0.25, -0.2) is 0 Å². The first-order valence-electron chi connectivity index (χ1n) is 8.79. The van der Waals surface area contributed by atoms with E-state index < -0.39 is 19.1 Å². The number of rotatable bonds is 7. The summed E-state index contributed by atoms with van der Waals surface area (Å²) >= 11 is 0. The Morgan fingerprint density at radius 2 is 1.68 bits per heavy atom. The summed E-state index contributed by atoms with van der Waals surface area (Å²) < 4.78 is 23.9. The number of anilines is 1. The van der Waals surface area contributed by atoms with Crippen LogP contribution in [0.3, 0.4) is 0 Å². The van der Waals surface area contributed by atoms with Crippen LogP contribution >= 0.6 is 7.60 Å². The number of hydrogen-bond acceptors (Lipinski definition) is 8. The van der Waals surface area contributed by atoms with Crippen molar-refractivity contribution in [2.75, 3.05) is 24.3 Å². The molecule has 0 unspecified atom stereocenters. The molecule has 0 bridgehead atoms. The maximum Gasteiger partial charge on any atom is 0.332 e. The van der Waals surface area contributed by atoms with Crippen LogP contribution in [0.25, 0.3) is 0 Å². The van der Waals surface area contributed by atoms with E-state index in [4.69, 9.17) is 14.8 Å². The average Bonchev–Trinajstić information content (AvgIpc) is 2.90. The van der Waals surface area contributed by atoms with Crippen molar-refractivity contribution in [3.8, 4) is 18.2 Å². The minimum Gasteiger partial charge on any atom is -0.384 e. The predicted molar refractivity (Wildman–Crippen MR) is 104 cm³/mol. The average molecular weight is 399 g/mol. The molecular formula is C19H22N5O3P. The quantitative estimate of drug-likeness (QED) is 0.690. The Morgan fingerprint density at radius 3 is 2.11 bits per heavy atom. The van der Waals surface area contributed by atoms with Crippen LogP contribution < -0.4 is 10.6 Å². The van der Waals surface area contributed by atoms with E-state index in [2.05, 4.69) is 0 Å². The lowest BCUT2D eigenvalue weighted by Gasteiger charge is -2.33. The van der Waals surface area contributed by atoms with Crippen molar-refractivity contribution in [3.63, 3.8) is 0 Å². The molecule has 2 N–H and O–H groups in total. The van der Waals surface area contributed by atoms with Crippen molar-refractivity contribution < 1.29 is 13.6 Å². The van der Waals surface area contributed by atoms with Crippen LogP contribution in [0, 0.1) is 46.3 Å². The number of benzene rings is 1. The van der Waals surface area contributed by atoms with Gasteiger partial charge >= 0.3 is 7.60 Å². The molecule has 0 saturated carbocycles. The first-order chi connectivity index (χ1) is 13.3. The predicted octanol–water partition coefficient (Wildman–Crippen LogP) is 3.18. The molecule has 0 aromatic heterocycles. The number of nitrogens with zero attached hydrogens (tertiary/aromatic N) is 4. The Bertz CT molecular complexity index is 912. The number of nitriles is 3. The molecule has 28 heavy (non-hydrogen) atoms. The van der Waals surface area contributed by atoms with Crippen molar-refractivity contribution in [2.24, 2.45) is 11.1 Å². The molecule has 0 fully saturated rings. The molecule has 8 nitrogen and oxygen atoms in total. The van der Waals surface area contributed by atoms with Gasteiger partial charge in [0, 0.05) is 5.69 Å². The molecule has 9 heteroatoms. The van der Waals surface area contributed by atoms with Crippen LogP contribution in [-0.2, 0) is 13.6 Å². The van der Waals surface area contributed by atoms with E-state index in [1.165, 1.54) is 4.90 Å². The standard InChI is InChI=1S/C19H22N5O3P/c1-4-26-28(25,27-5-2)11-17-19(12-21,13-22)16(10-20)18(23)24(17)15-8-6-14(3)7-9-15/h6-9,17H,4-5,11,23H2,1-3H3/t17-/m1/s1. The van der Waals surface area contributed by atoms with E-state index in [1.807, 2.05) is 37.3 Å². The Kier molecular flexibility index (Phi) is 6.49. The van der Waals surface area contributed by atoms with Crippen molar-refractivity contribution in [1.82, 2.24) is 0 Å². The monoisotopic (exact) mass is 399 g/mol. The van der Waals surface area contributed by atoms with E-state index in [-0.39, 0.29) is 30.8 Å². The molecule has 0 spiro atoms. The van der Waals surface area contributed by atoms with Gasteiger partial charge in [-0.1, -0.05) is 17.7 Å². The van der Waals surface area contributed by atoms with Crippen LogP contribution in [0.4, 0.5) is 5.69 Å². The van der Waals surface area contributed by atoms with Gasteiger partial charge in [0.15, 0.2) is 0 Å². The van der Waals surface area contributed by atoms with Crippen molar-refractivity contribution in [2.45, 2.75) is 26.8 Å². The SMILES string of the molecule is CCOP(=O)(C[C@H]1N(c2ccc(C)cc2)C(N)=C(C#N)C1(C#N)C#N)OCC. The number of nitrogens with two attached hydrogens (primary N) is 1. The van der Waals surface area contributed by atoms with Crippen LogP contribution in [-0.4, -0.2) is 25.4 Å². The summed E-state index contributed by atoms with van der Waals surface area (Å²) in [4.78, 5) is 1.51. The fraction of sp³-hybridized carbons (Fsp3) is 0.421. The summed E-state index contributed by atoms with van der Waals surface area (Å²) in [5.74, 6) is -0.0148. The molecule has 2 rings (SSSR count). The molecule has 1 aliphatic heterocycles. The molecule has 0 aliphatic carbocycles. The lowest BCUT2D eigenvalue weighted by molar-refractivity contribution is 0.217. The maximum absolute atomic E-state index is 13.2. The number of aryl methyl sites for hydroxylation is 1. The number of hydrogen-bond donors (Lipinski definition) is 1. The lowest BCUT2D eigenvalue weighted by Crippen LogP contribution is -2.44. The van der Waals surface area contributed by atoms with Crippen molar-refractivity contribution >= 4 is 13.3 Å². The van der Waals surface area contributed by atoms with Gasteiger partial charge in [0.25, 0.3) is 0 Å². The Labute approximate surface area is 164 Å². The van der Waals surface area contributed by atoms with Gasteiger partial charge in [0.05, 0.1) is 37.6 Å². The first kappa shape index (κ1) is 21.5. The summed E-state index contributed by atoms with van der Waals surface area (Å²) in [6.07, 6.45) is -0.268. The third-order valence-corrected chi connectivity index (χ3v) is 6.64. The van der Waals surface area contributed by atoms with Crippen molar-refractivity contribution in [3.05, 3.63) is 41.2 Å². The smallest absolute Gasteiger partial charge is 0.332 e. The summed E-state index contributed by atoms with van der Waals surface area (Å²) in [5, 5.41) is 29.3. The molecule has 0 saturated heterocycles. The van der Waals surface area contributed by atoms with Gasteiger partial charge in [-0.2, -0.15) is 15.8 Å². The van der Waals surface area contributed by atoms with Crippen molar-refractivity contribution in [1.29, 1.82) is 15.8 Å². The van der Waals surface area contributed by atoms with E-state index in [0.29, 0.717) is 5.69 Å². The topological polar surface area (TPSA) is 136 Å². The van der Waals surface area contributed by atoms with Gasteiger partial charge in [0.1, 0.15) is 17.5 Å². The highest BCUT2D eigenvalue weighted by atomic mass is 31.2. The second-order valence-electron chi connectivity index (χ2n) is 6.25. The zero-order valence-corrected chi connectivity index (χ0v) is 16.9. The minimum atomic E-state index is -3.64. The molecule has 1 aromatic rings. The molecule has 1 atom stereocenters. The molecular weight excluding hydrogens is 377 g/mol. The fourth-order valence-electron chi connectivity index (χ4n) is 3.27. The maximum atomic E-state index is 13.2. The first-order valence-corrected chi connectivity index (χ1v) is 10.5. The highest BCUT2D eigenvalue weighted by molar-refractivity contribution is 7.53. The zero-order valence-electron chi connectivity index (χ0n) is 16.0. The Morgan fingerprint density at radius 1 is 1.14 bits per heavy atom. The third kappa shape index (κ3) is 3.61. The van der Waals surface area contributed by atoms with E-state index in [0.717, 1.165) is 5.56 Å². The second-order valence-corrected chi connectivity index (χ2v) is 8.36. The fourth-order valence-corrected chi connectivity index (χ4v) is 5.21. The van der Waals surface area contributed by atoms with E-state index in [1.54, 1.807) is 26.0 Å². The molecule has 0 radical (unpaired) electrons. The largest absolute Gasteiger partial charge is 0.384 e.